The minimum absolute atomic E-state index is 0.110. The van der Waals surface area contributed by atoms with E-state index in [9.17, 15) is 4.79 Å². The zero-order valence-corrected chi connectivity index (χ0v) is 18.7. The average molecular weight is 504 g/mol. The van der Waals surface area contributed by atoms with E-state index in [-0.39, 0.29) is 10.7 Å². The predicted octanol–water partition coefficient (Wildman–Crippen LogP) is 5.27. The molecule has 3 aromatic rings. The number of aromatic nitrogens is 3. The van der Waals surface area contributed by atoms with Gasteiger partial charge in [-0.15, -0.1) is 0 Å². The van der Waals surface area contributed by atoms with Crippen LogP contribution in [0.2, 0.25) is 15.1 Å². The lowest BCUT2D eigenvalue weighted by Crippen LogP contribution is -2.20. The summed E-state index contributed by atoms with van der Waals surface area (Å²) >= 11 is 22.0. The Balaban J connectivity index is 2.07. The Bertz CT molecular complexity index is 1050. The molecule has 0 fully saturated rings. The standard InChI is InChI=1S/C18H15BrCl3N5O/c1-9-6-11(20)7-10(8-23-2)14(9)25-18(28)15-13(22)16(19)26-27(15)17-12(21)4-3-5-24-17/h3-7,23H,8H2,1-2H3,(H,25,28). The Morgan fingerprint density at radius 1 is 1.29 bits per heavy atom. The lowest BCUT2D eigenvalue weighted by atomic mass is 10.1. The van der Waals surface area contributed by atoms with Crippen molar-refractivity contribution >= 4 is 62.3 Å². The summed E-state index contributed by atoms with van der Waals surface area (Å²) in [7, 11) is 1.81. The highest BCUT2D eigenvalue weighted by atomic mass is 79.9. The molecule has 0 aliphatic heterocycles. The highest BCUT2D eigenvalue weighted by molar-refractivity contribution is 9.10. The van der Waals surface area contributed by atoms with Crippen LogP contribution in [0.4, 0.5) is 5.69 Å². The summed E-state index contributed by atoms with van der Waals surface area (Å²) in [6.07, 6.45) is 1.56. The minimum atomic E-state index is -0.451. The van der Waals surface area contributed by atoms with E-state index in [0.717, 1.165) is 11.1 Å². The number of benzene rings is 1. The first-order chi connectivity index (χ1) is 13.3. The average Bonchev–Trinajstić information content (AvgIpc) is 2.93. The molecule has 10 heteroatoms. The second kappa shape index (κ2) is 8.80. The minimum Gasteiger partial charge on any atom is -0.320 e. The fourth-order valence-corrected chi connectivity index (χ4v) is 3.80. The molecule has 0 atom stereocenters. The number of carbonyl (C=O) groups excluding carboxylic acids is 1. The van der Waals surface area contributed by atoms with Crippen molar-refractivity contribution in [1.82, 2.24) is 20.1 Å². The molecule has 0 bridgehead atoms. The van der Waals surface area contributed by atoms with Crippen LogP contribution in [0.25, 0.3) is 5.82 Å². The van der Waals surface area contributed by atoms with Crippen LogP contribution in [-0.2, 0) is 6.54 Å². The summed E-state index contributed by atoms with van der Waals surface area (Å²) in [6.45, 7) is 2.39. The van der Waals surface area contributed by atoms with Gasteiger partial charge in [0.1, 0.15) is 9.63 Å². The van der Waals surface area contributed by atoms with Crippen molar-refractivity contribution in [3.05, 3.63) is 67.0 Å². The molecular formula is C18H15BrCl3N5O. The summed E-state index contributed by atoms with van der Waals surface area (Å²) in [5.74, 6) is -0.155. The number of hydrogen-bond acceptors (Lipinski definition) is 4. The quantitative estimate of drug-likeness (QED) is 0.498. The number of nitrogens with one attached hydrogen (secondary N) is 2. The molecular weight excluding hydrogens is 488 g/mol. The number of aryl methyl sites for hydroxylation is 1. The molecule has 0 unspecified atom stereocenters. The summed E-state index contributed by atoms with van der Waals surface area (Å²) in [5, 5.41) is 11.3. The third kappa shape index (κ3) is 4.18. The number of nitrogens with zero attached hydrogens (tertiary/aromatic N) is 3. The molecule has 1 aromatic carbocycles. The number of halogens is 4. The number of carbonyl (C=O) groups is 1. The Labute approximate surface area is 185 Å². The number of amides is 1. The molecule has 28 heavy (non-hydrogen) atoms. The first-order valence-electron chi connectivity index (χ1n) is 8.13. The Morgan fingerprint density at radius 2 is 2.04 bits per heavy atom. The summed E-state index contributed by atoms with van der Waals surface area (Å²) in [5.41, 5.74) is 2.43. The van der Waals surface area contributed by atoms with Crippen molar-refractivity contribution in [3.8, 4) is 5.82 Å². The van der Waals surface area contributed by atoms with Crippen LogP contribution in [0.3, 0.4) is 0 Å². The molecule has 0 saturated heterocycles. The molecule has 0 radical (unpaired) electrons. The van der Waals surface area contributed by atoms with Gasteiger partial charge in [0.25, 0.3) is 5.91 Å². The SMILES string of the molecule is CNCc1cc(Cl)cc(C)c1NC(=O)c1c(Cl)c(Br)nn1-c1ncccc1Cl. The lowest BCUT2D eigenvalue weighted by Gasteiger charge is -2.15. The van der Waals surface area contributed by atoms with Crippen LogP contribution in [0.1, 0.15) is 21.6 Å². The molecule has 0 spiro atoms. The Morgan fingerprint density at radius 3 is 2.71 bits per heavy atom. The van der Waals surface area contributed by atoms with Gasteiger partial charge in [0.05, 0.1) is 5.02 Å². The monoisotopic (exact) mass is 501 g/mol. The van der Waals surface area contributed by atoms with E-state index in [4.69, 9.17) is 34.8 Å². The van der Waals surface area contributed by atoms with Gasteiger partial charge in [-0.25, -0.2) is 9.67 Å². The molecule has 2 heterocycles. The first kappa shape index (κ1) is 21.1. The zero-order valence-electron chi connectivity index (χ0n) is 14.9. The summed E-state index contributed by atoms with van der Waals surface area (Å²) in [4.78, 5) is 17.4. The first-order valence-corrected chi connectivity index (χ1v) is 10.1. The van der Waals surface area contributed by atoms with E-state index in [1.54, 1.807) is 30.5 Å². The van der Waals surface area contributed by atoms with Gasteiger partial charge in [0.15, 0.2) is 11.5 Å². The van der Waals surface area contributed by atoms with Crippen LogP contribution in [0, 0.1) is 6.92 Å². The van der Waals surface area contributed by atoms with Crippen LogP contribution >= 0.6 is 50.7 Å². The highest BCUT2D eigenvalue weighted by Gasteiger charge is 2.25. The molecule has 0 aliphatic carbocycles. The zero-order chi connectivity index (χ0) is 20.4. The van der Waals surface area contributed by atoms with Crippen LogP contribution in [-0.4, -0.2) is 27.7 Å². The molecule has 0 aliphatic rings. The fraction of sp³-hybridized carbons (Fsp3) is 0.167. The number of hydrogen-bond donors (Lipinski definition) is 2. The van der Waals surface area contributed by atoms with E-state index < -0.39 is 5.91 Å². The van der Waals surface area contributed by atoms with Crippen LogP contribution < -0.4 is 10.6 Å². The van der Waals surface area contributed by atoms with Gasteiger partial charge >= 0.3 is 0 Å². The van der Waals surface area contributed by atoms with Crippen molar-refractivity contribution in [1.29, 1.82) is 0 Å². The largest absolute Gasteiger partial charge is 0.320 e. The van der Waals surface area contributed by atoms with Gasteiger partial charge in [0.2, 0.25) is 0 Å². The number of rotatable bonds is 5. The maximum atomic E-state index is 13.1. The Kier molecular flexibility index (Phi) is 6.62. The molecule has 2 aromatic heterocycles. The van der Waals surface area contributed by atoms with E-state index in [1.807, 2.05) is 14.0 Å². The van der Waals surface area contributed by atoms with E-state index in [1.165, 1.54) is 4.68 Å². The van der Waals surface area contributed by atoms with Gasteiger partial charge in [-0.05, 0) is 65.3 Å². The van der Waals surface area contributed by atoms with E-state index in [2.05, 4.69) is 36.6 Å². The van der Waals surface area contributed by atoms with Crippen molar-refractivity contribution < 1.29 is 4.79 Å². The Hall–Kier alpha value is -1.64. The van der Waals surface area contributed by atoms with Gasteiger partial charge in [-0.2, -0.15) is 5.10 Å². The smallest absolute Gasteiger partial charge is 0.276 e. The van der Waals surface area contributed by atoms with Crippen molar-refractivity contribution in [3.63, 3.8) is 0 Å². The van der Waals surface area contributed by atoms with Crippen LogP contribution in [0.5, 0.6) is 0 Å². The third-order valence-corrected chi connectivity index (χ3v) is 5.59. The number of pyridine rings is 1. The van der Waals surface area contributed by atoms with E-state index in [0.29, 0.717) is 32.7 Å². The summed E-state index contributed by atoms with van der Waals surface area (Å²) < 4.78 is 1.62. The number of anilines is 1. The van der Waals surface area contributed by atoms with Crippen LogP contribution in [0.15, 0.2) is 35.1 Å². The maximum absolute atomic E-state index is 13.1. The van der Waals surface area contributed by atoms with Gasteiger partial charge in [0, 0.05) is 23.5 Å². The van der Waals surface area contributed by atoms with Gasteiger partial charge in [-0.1, -0.05) is 34.8 Å². The molecule has 2 N–H and O–H groups in total. The molecule has 0 saturated carbocycles. The summed E-state index contributed by atoms with van der Waals surface area (Å²) in [6, 6.07) is 6.92. The predicted molar refractivity (Wildman–Crippen MR) is 116 cm³/mol. The third-order valence-electron chi connectivity index (χ3n) is 3.93. The van der Waals surface area contributed by atoms with Gasteiger partial charge in [-0.3, -0.25) is 4.79 Å². The normalized spacial score (nSPS) is 10.9. The molecule has 3 rings (SSSR count). The lowest BCUT2D eigenvalue weighted by molar-refractivity contribution is 0.101. The van der Waals surface area contributed by atoms with E-state index >= 15 is 0 Å². The molecule has 146 valence electrons. The fourth-order valence-electron chi connectivity index (χ4n) is 2.75. The second-order valence-electron chi connectivity index (χ2n) is 5.92. The van der Waals surface area contributed by atoms with Gasteiger partial charge < -0.3 is 10.6 Å². The highest BCUT2D eigenvalue weighted by Crippen LogP contribution is 2.31. The molecule has 1 amide bonds. The topological polar surface area (TPSA) is 71.8 Å². The second-order valence-corrected chi connectivity index (χ2v) is 7.89. The maximum Gasteiger partial charge on any atom is 0.276 e. The van der Waals surface area contributed by atoms with Crippen molar-refractivity contribution in [2.75, 3.05) is 12.4 Å². The molecule has 6 nitrogen and oxygen atoms in total. The van der Waals surface area contributed by atoms with Crippen molar-refractivity contribution in [2.24, 2.45) is 0 Å². The van der Waals surface area contributed by atoms with Crippen molar-refractivity contribution in [2.45, 2.75) is 13.5 Å².